The van der Waals surface area contributed by atoms with E-state index < -0.39 is 0 Å². The molecule has 0 bridgehead atoms. The molecule has 0 spiro atoms. The third-order valence-electron chi connectivity index (χ3n) is 4.25. The van der Waals surface area contributed by atoms with E-state index in [-0.39, 0.29) is 36.8 Å². The number of nitrogens with one attached hydrogen (secondary N) is 1. The summed E-state index contributed by atoms with van der Waals surface area (Å²) in [5.41, 5.74) is 0. The third kappa shape index (κ3) is 3.27. The van der Waals surface area contributed by atoms with E-state index >= 15 is 0 Å². The number of carbonyl (C=O) groups excluding carboxylic acids is 1. The zero-order valence-corrected chi connectivity index (χ0v) is 13.2. The Labute approximate surface area is 131 Å². The fraction of sp³-hybridized carbons (Fsp3) is 0.692. The van der Waals surface area contributed by atoms with Crippen molar-refractivity contribution < 1.29 is 4.79 Å². The lowest BCUT2D eigenvalue weighted by atomic mass is 9.93. The highest BCUT2D eigenvalue weighted by atomic mass is 35.5. The van der Waals surface area contributed by atoms with Crippen molar-refractivity contribution in [1.82, 2.24) is 20.0 Å². The molecule has 20 heavy (non-hydrogen) atoms. The minimum Gasteiger partial charge on any atom is -0.340 e. The van der Waals surface area contributed by atoms with Crippen LogP contribution in [0.3, 0.4) is 0 Å². The summed E-state index contributed by atoms with van der Waals surface area (Å²) in [7, 11) is 0. The Kier molecular flexibility index (Phi) is 6.30. The highest BCUT2D eigenvalue weighted by Gasteiger charge is 2.35. The Balaban J connectivity index is 0.000001000. The summed E-state index contributed by atoms with van der Waals surface area (Å²) in [4.78, 5) is 14.4. The number of amides is 1. The molecule has 7 heteroatoms. The maximum Gasteiger partial charge on any atom is 0.247 e. The van der Waals surface area contributed by atoms with Gasteiger partial charge >= 0.3 is 0 Å². The molecule has 0 aliphatic carbocycles. The number of halogens is 2. The predicted octanol–water partition coefficient (Wildman–Crippen LogP) is 1.50. The highest BCUT2D eigenvalue weighted by Crippen LogP contribution is 2.25. The first kappa shape index (κ1) is 17.3. The first-order valence-electron chi connectivity index (χ1n) is 6.77. The maximum atomic E-state index is 12.4. The van der Waals surface area contributed by atoms with Crippen molar-refractivity contribution in [3.63, 3.8) is 0 Å². The number of fused-ring (bicyclic) bond motifs is 1. The van der Waals surface area contributed by atoms with E-state index in [1.807, 2.05) is 24.1 Å². The minimum absolute atomic E-state index is 0. The Morgan fingerprint density at radius 3 is 2.90 bits per heavy atom. The molecule has 0 saturated carbocycles. The summed E-state index contributed by atoms with van der Waals surface area (Å²) in [5.74, 6) is 0.844. The molecule has 2 fully saturated rings. The largest absolute Gasteiger partial charge is 0.340 e. The van der Waals surface area contributed by atoms with Crippen molar-refractivity contribution in [3.05, 3.63) is 18.5 Å². The number of carbonyl (C=O) groups is 1. The van der Waals surface area contributed by atoms with Crippen LogP contribution in [0.2, 0.25) is 0 Å². The van der Waals surface area contributed by atoms with Crippen LogP contribution in [0.5, 0.6) is 0 Å². The van der Waals surface area contributed by atoms with Gasteiger partial charge in [0.1, 0.15) is 6.04 Å². The van der Waals surface area contributed by atoms with Crippen molar-refractivity contribution in [2.45, 2.75) is 31.8 Å². The highest BCUT2D eigenvalue weighted by molar-refractivity contribution is 5.85. The molecule has 1 aromatic heterocycles. The molecule has 2 aliphatic rings. The van der Waals surface area contributed by atoms with Gasteiger partial charge in [-0.15, -0.1) is 24.8 Å². The molecule has 5 nitrogen and oxygen atoms in total. The van der Waals surface area contributed by atoms with Crippen LogP contribution in [0.25, 0.3) is 0 Å². The van der Waals surface area contributed by atoms with Crippen LogP contribution in [0.15, 0.2) is 18.5 Å². The Hall–Kier alpha value is -0.780. The molecule has 3 unspecified atom stereocenters. The fourth-order valence-corrected chi connectivity index (χ4v) is 3.13. The topological polar surface area (TPSA) is 50.2 Å². The van der Waals surface area contributed by atoms with Crippen molar-refractivity contribution in [1.29, 1.82) is 0 Å². The number of rotatable bonds is 2. The molecule has 2 saturated heterocycles. The molecule has 0 aromatic carbocycles. The third-order valence-corrected chi connectivity index (χ3v) is 4.25. The van der Waals surface area contributed by atoms with Crippen LogP contribution in [-0.4, -0.2) is 46.3 Å². The van der Waals surface area contributed by atoms with Gasteiger partial charge in [0.15, 0.2) is 0 Å². The second kappa shape index (κ2) is 7.29. The SMILES string of the molecule is CC(C(=O)N1CCC2NCCC2C1)n1cccn1.Cl.Cl. The van der Waals surface area contributed by atoms with Crippen LogP contribution >= 0.6 is 24.8 Å². The molecule has 1 amide bonds. The van der Waals surface area contributed by atoms with E-state index in [0.29, 0.717) is 12.0 Å². The van der Waals surface area contributed by atoms with Gasteiger partial charge in [0.2, 0.25) is 5.91 Å². The lowest BCUT2D eigenvalue weighted by molar-refractivity contribution is -0.136. The Bertz CT molecular complexity index is 426. The van der Waals surface area contributed by atoms with Crippen molar-refractivity contribution >= 4 is 30.7 Å². The number of hydrogen-bond acceptors (Lipinski definition) is 3. The van der Waals surface area contributed by atoms with Crippen LogP contribution < -0.4 is 5.32 Å². The van der Waals surface area contributed by atoms with Gasteiger partial charge in [0.05, 0.1) is 0 Å². The molecule has 0 radical (unpaired) electrons. The Morgan fingerprint density at radius 1 is 1.40 bits per heavy atom. The number of hydrogen-bond donors (Lipinski definition) is 1. The summed E-state index contributed by atoms with van der Waals surface area (Å²) in [5, 5.41) is 7.67. The normalized spacial score (nSPS) is 26.1. The van der Waals surface area contributed by atoms with Gasteiger partial charge in [0.25, 0.3) is 0 Å². The first-order chi connectivity index (χ1) is 8.75. The van der Waals surface area contributed by atoms with Gasteiger partial charge in [-0.3, -0.25) is 9.48 Å². The van der Waals surface area contributed by atoms with E-state index in [1.54, 1.807) is 10.9 Å². The standard InChI is InChI=1S/C13H20N4O.2ClH/c1-10(17-7-2-5-15-17)13(18)16-8-4-12-11(9-16)3-6-14-12;;/h2,5,7,10-12,14H,3-4,6,8-9H2,1H3;2*1H. The van der Waals surface area contributed by atoms with Gasteiger partial charge in [-0.1, -0.05) is 0 Å². The smallest absolute Gasteiger partial charge is 0.247 e. The van der Waals surface area contributed by atoms with E-state index in [0.717, 1.165) is 26.1 Å². The van der Waals surface area contributed by atoms with Gasteiger partial charge in [-0.25, -0.2) is 0 Å². The van der Waals surface area contributed by atoms with Crippen LogP contribution in [0, 0.1) is 5.92 Å². The number of nitrogens with zero attached hydrogens (tertiary/aromatic N) is 3. The van der Waals surface area contributed by atoms with Crippen LogP contribution in [0.4, 0.5) is 0 Å². The van der Waals surface area contributed by atoms with E-state index in [1.165, 1.54) is 6.42 Å². The zero-order chi connectivity index (χ0) is 12.5. The predicted molar refractivity (Wildman–Crippen MR) is 82.5 cm³/mol. The van der Waals surface area contributed by atoms with Crippen LogP contribution in [0.1, 0.15) is 25.8 Å². The molecule has 1 N–H and O–H groups in total. The lowest BCUT2D eigenvalue weighted by Gasteiger charge is -2.36. The average molecular weight is 321 g/mol. The number of piperidine rings is 1. The van der Waals surface area contributed by atoms with Crippen molar-refractivity contribution in [2.75, 3.05) is 19.6 Å². The lowest BCUT2D eigenvalue weighted by Crippen LogP contribution is -2.48. The van der Waals surface area contributed by atoms with Gasteiger partial charge in [-0.05, 0) is 38.3 Å². The summed E-state index contributed by atoms with van der Waals surface area (Å²) in [6.07, 6.45) is 5.86. The molecule has 3 atom stereocenters. The second-order valence-corrected chi connectivity index (χ2v) is 5.34. The molecule has 1 aromatic rings. The molecular weight excluding hydrogens is 299 g/mol. The van der Waals surface area contributed by atoms with Gasteiger partial charge in [0, 0.05) is 31.5 Å². The van der Waals surface area contributed by atoms with E-state index in [2.05, 4.69) is 10.4 Å². The quantitative estimate of drug-likeness (QED) is 0.898. The molecular formula is C13H22Cl2N4O. The number of likely N-dealkylation sites (tertiary alicyclic amines) is 1. The minimum atomic E-state index is -0.189. The second-order valence-electron chi connectivity index (χ2n) is 5.34. The van der Waals surface area contributed by atoms with Crippen molar-refractivity contribution in [3.8, 4) is 0 Å². The summed E-state index contributed by atoms with van der Waals surface area (Å²) >= 11 is 0. The monoisotopic (exact) mass is 320 g/mol. The molecule has 3 rings (SSSR count). The number of aromatic nitrogens is 2. The van der Waals surface area contributed by atoms with Crippen LogP contribution in [-0.2, 0) is 4.79 Å². The van der Waals surface area contributed by atoms with E-state index in [4.69, 9.17) is 0 Å². The van der Waals surface area contributed by atoms with Crippen molar-refractivity contribution in [2.24, 2.45) is 5.92 Å². The van der Waals surface area contributed by atoms with Gasteiger partial charge in [-0.2, -0.15) is 5.10 Å². The fourth-order valence-electron chi connectivity index (χ4n) is 3.13. The van der Waals surface area contributed by atoms with Gasteiger partial charge < -0.3 is 10.2 Å². The first-order valence-corrected chi connectivity index (χ1v) is 6.77. The molecule has 114 valence electrons. The summed E-state index contributed by atoms with van der Waals surface area (Å²) in [6, 6.07) is 2.30. The Morgan fingerprint density at radius 2 is 2.20 bits per heavy atom. The summed E-state index contributed by atoms with van der Waals surface area (Å²) < 4.78 is 1.74. The molecule has 2 aliphatic heterocycles. The van der Waals surface area contributed by atoms with E-state index in [9.17, 15) is 4.79 Å². The summed E-state index contributed by atoms with van der Waals surface area (Å²) in [6.45, 7) is 4.81. The maximum absolute atomic E-state index is 12.4. The molecule has 3 heterocycles. The average Bonchev–Trinajstić information content (AvgIpc) is 3.06. The zero-order valence-electron chi connectivity index (χ0n) is 11.6.